The maximum Gasteiger partial charge on any atom is 0.155 e. The van der Waals surface area contributed by atoms with Crippen LogP contribution in [0.25, 0.3) is 0 Å². The van der Waals surface area contributed by atoms with E-state index in [0.29, 0.717) is 6.61 Å². The van der Waals surface area contributed by atoms with Crippen LogP contribution in [-0.4, -0.2) is 18.5 Å². The number of nitriles is 1. The summed E-state index contributed by atoms with van der Waals surface area (Å²) in [4.78, 5) is 11.9. The number of Topliss-reactive ketones (excluding diaryl/α,β-unsaturated/α-hetero) is 1. The summed E-state index contributed by atoms with van der Waals surface area (Å²) in [6.07, 6.45) is 0.930. The number of ketones is 1. The van der Waals surface area contributed by atoms with Crippen LogP contribution in [-0.2, 0) is 9.53 Å². The Hall–Kier alpha value is -0.880. The maximum absolute atomic E-state index is 11.9. The van der Waals surface area contributed by atoms with Crippen LogP contribution in [0.4, 0.5) is 0 Å². The van der Waals surface area contributed by atoms with Crippen LogP contribution in [0, 0.1) is 29.1 Å². The third kappa shape index (κ3) is 2.33. The van der Waals surface area contributed by atoms with E-state index in [4.69, 9.17) is 10.00 Å². The van der Waals surface area contributed by atoms with Crippen molar-refractivity contribution >= 4 is 5.78 Å². The van der Waals surface area contributed by atoms with E-state index < -0.39 is 5.92 Å². The van der Waals surface area contributed by atoms with Crippen LogP contribution in [0.5, 0.6) is 0 Å². The Bertz CT molecular complexity index is 255. The number of hydrogen-bond acceptors (Lipinski definition) is 3. The molecule has 0 radical (unpaired) electrons. The molecule has 1 fully saturated rings. The van der Waals surface area contributed by atoms with Gasteiger partial charge in [0.15, 0.2) is 5.78 Å². The van der Waals surface area contributed by atoms with Crippen molar-refractivity contribution in [3.63, 3.8) is 0 Å². The van der Waals surface area contributed by atoms with E-state index in [1.807, 2.05) is 20.8 Å². The summed E-state index contributed by atoms with van der Waals surface area (Å²) in [6, 6.07) is 2.09. The van der Waals surface area contributed by atoms with Crippen LogP contribution in [0.15, 0.2) is 0 Å². The molecule has 3 atom stereocenters. The third-order valence-electron chi connectivity index (χ3n) is 2.71. The molecule has 1 saturated heterocycles. The van der Waals surface area contributed by atoms with Crippen molar-refractivity contribution in [1.82, 2.24) is 0 Å². The Kier molecular flexibility index (Phi) is 3.65. The van der Waals surface area contributed by atoms with Gasteiger partial charge < -0.3 is 4.74 Å². The van der Waals surface area contributed by atoms with Crippen LogP contribution in [0.1, 0.15) is 27.2 Å². The van der Waals surface area contributed by atoms with Gasteiger partial charge in [-0.25, -0.2) is 0 Å². The fraction of sp³-hybridized carbons (Fsp3) is 0.818. The highest BCUT2D eigenvalue weighted by atomic mass is 16.5. The average molecular weight is 195 g/mol. The van der Waals surface area contributed by atoms with Gasteiger partial charge in [-0.15, -0.1) is 0 Å². The summed E-state index contributed by atoms with van der Waals surface area (Å²) in [7, 11) is 0. The summed E-state index contributed by atoms with van der Waals surface area (Å²) < 4.78 is 5.33. The van der Waals surface area contributed by atoms with E-state index in [2.05, 4.69) is 6.07 Å². The molecule has 0 amide bonds. The second-order valence-corrected chi connectivity index (χ2v) is 4.33. The van der Waals surface area contributed by atoms with Crippen molar-refractivity contribution in [3.8, 4) is 6.07 Å². The molecule has 1 heterocycles. The Morgan fingerprint density at radius 1 is 1.57 bits per heavy atom. The zero-order chi connectivity index (χ0) is 10.7. The molecule has 0 N–H and O–H groups in total. The van der Waals surface area contributed by atoms with Crippen molar-refractivity contribution in [2.75, 3.05) is 6.61 Å². The van der Waals surface area contributed by atoms with E-state index >= 15 is 0 Å². The lowest BCUT2D eigenvalue weighted by Gasteiger charge is -2.14. The highest BCUT2D eigenvalue weighted by molar-refractivity contribution is 5.86. The van der Waals surface area contributed by atoms with Crippen LogP contribution < -0.4 is 0 Å². The summed E-state index contributed by atoms with van der Waals surface area (Å²) in [5.41, 5.74) is 0. The Balaban J connectivity index is 2.60. The fourth-order valence-electron chi connectivity index (χ4n) is 1.81. The highest BCUT2D eigenvalue weighted by Crippen LogP contribution is 2.25. The van der Waals surface area contributed by atoms with Gasteiger partial charge in [0.25, 0.3) is 0 Å². The van der Waals surface area contributed by atoms with Gasteiger partial charge in [0.05, 0.1) is 18.8 Å². The Labute approximate surface area is 85.1 Å². The standard InChI is InChI=1S/C11H17NO2/c1-7(2)10(5-12)11(13)9-4-8(3)14-6-9/h7-10H,4,6H2,1-3H3. The van der Waals surface area contributed by atoms with E-state index in [1.165, 1.54) is 0 Å². The topological polar surface area (TPSA) is 50.1 Å². The van der Waals surface area contributed by atoms with Gasteiger partial charge >= 0.3 is 0 Å². The van der Waals surface area contributed by atoms with Gasteiger partial charge in [-0.2, -0.15) is 5.26 Å². The van der Waals surface area contributed by atoms with Crippen LogP contribution >= 0.6 is 0 Å². The van der Waals surface area contributed by atoms with E-state index in [0.717, 1.165) is 6.42 Å². The molecule has 0 aliphatic carbocycles. The van der Waals surface area contributed by atoms with Crippen molar-refractivity contribution in [1.29, 1.82) is 5.26 Å². The molecule has 1 aliphatic rings. The zero-order valence-electron chi connectivity index (χ0n) is 8.99. The minimum atomic E-state index is -0.464. The minimum Gasteiger partial charge on any atom is -0.378 e. The second-order valence-electron chi connectivity index (χ2n) is 4.33. The first-order chi connectivity index (χ1) is 6.56. The van der Waals surface area contributed by atoms with Crippen molar-refractivity contribution in [3.05, 3.63) is 0 Å². The van der Waals surface area contributed by atoms with Gasteiger partial charge in [0, 0.05) is 5.92 Å². The molecular weight excluding hydrogens is 178 g/mol. The van der Waals surface area contributed by atoms with Gasteiger partial charge in [-0.3, -0.25) is 4.79 Å². The normalized spacial score (nSPS) is 28.8. The lowest BCUT2D eigenvalue weighted by molar-refractivity contribution is -0.126. The second kappa shape index (κ2) is 4.56. The molecule has 78 valence electrons. The number of carbonyl (C=O) groups excluding carboxylic acids is 1. The highest BCUT2D eigenvalue weighted by Gasteiger charge is 2.34. The molecular formula is C11H17NO2. The molecule has 3 nitrogen and oxygen atoms in total. The number of nitrogens with zero attached hydrogens (tertiary/aromatic N) is 1. The van der Waals surface area contributed by atoms with Crippen LogP contribution in [0.3, 0.4) is 0 Å². The Morgan fingerprint density at radius 3 is 2.57 bits per heavy atom. The quantitative estimate of drug-likeness (QED) is 0.689. The molecule has 0 aromatic rings. The first-order valence-electron chi connectivity index (χ1n) is 5.11. The zero-order valence-corrected chi connectivity index (χ0v) is 8.99. The molecule has 0 spiro atoms. The van der Waals surface area contributed by atoms with Crippen molar-refractivity contribution in [2.24, 2.45) is 17.8 Å². The van der Waals surface area contributed by atoms with Gasteiger partial charge in [0.1, 0.15) is 5.92 Å². The van der Waals surface area contributed by atoms with E-state index in [9.17, 15) is 4.79 Å². The van der Waals surface area contributed by atoms with Crippen LogP contribution in [0.2, 0.25) is 0 Å². The molecule has 1 aliphatic heterocycles. The maximum atomic E-state index is 11.9. The summed E-state index contributed by atoms with van der Waals surface area (Å²) >= 11 is 0. The fourth-order valence-corrected chi connectivity index (χ4v) is 1.81. The van der Waals surface area contributed by atoms with Gasteiger partial charge in [-0.1, -0.05) is 13.8 Å². The number of rotatable bonds is 3. The molecule has 0 saturated carbocycles. The SMILES string of the molecule is CC1CC(C(=O)C(C#N)C(C)C)CO1. The van der Waals surface area contributed by atoms with Gasteiger partial charge in [0.2, 0.25) is 0 Å². The number of carbonyl (C=O) groups is 1. The van der Waals surface area contributed by atoms with Crippen molar-refractivity contribution in [2.45, 2.75) is 33.3 Å². The average Bonchev–Trinajstić information content (AvgIpc) is 2.52. The lowest BCUT2D eigenvalue weighted by atomic mass is 9.85. The summed E-state index contributed by atoms with van der Waals surface area (Å²) in [6.45, 7) is 6.27. The first-order valence-corrected chi connectivity index (χ1v) is 5.11. The molecule has 3 heteroatoms. The van der Waals surface area contributed by atoms with E-state index in [1.54, 1.807) is 0 Å². The largest absolute Gasteiger partial charge is 0.378 e. The molecule has 1 rings (SSSR count). The number of ether oxygens (including phenoxy) is 1. The Morgan fingerprint density at radius 2 is 2.21 bits per heavy atom. The smallest absolute Gasteiger partial charge is 0.155 e. The number of hydrogen-bond donors (Lipinski definition) is 0. The third-order valence-corrected chi connectivity index (χ3v) is 2.71. The lowest BCUT2D eigenvalue weighted by Crippen LogP contribution is -2.26. The molecule has 0 bridgehead atoms. The van der Waals surface area contributed by atoms with Gasteiger partial charge in [-0.05, 0) is 19.3 Å². The molecule has 0 aromatic heterocycles. The predicted octanol–water partition coefficient (Wildman–Crippen LogP) is 1.78. The monoisotopic (exact) mass is 195 g/mol. The minimum absolute atomic E-state index is 0.0583. The summed E-state index contributed by atoms with van der Waals surface area (Å²) in [5.74, 6) is -0.360. The predicted molar refractivity (Wildman–Crippen MR) is 52.5 cm³/mol. The molecule has 0 aromatic carbocycles. The molecule has 14 heavy (non-hydrogen) atoms. The van der Waals surface area contributed by atoms with E-state index in [-0.39, 0.29) is 23.7 Å². The van der Waals surface area contributed by atoms with Crippen molar-refractivity contribution < 1.29 is 9.53 Å². The molecule has 3 unspecified atom stereocenters. The first kappa shape index (κ1) is 11.2. The summed E-state index contributed by atoms with van der Waals surface area (Å²) in [5, 5.41) is 8.88.